The lowest BCUT2D eigenvalue weighted by Gasteiger charge is -2.10. The number of rotatable bonds is 4. The van der Waals surface area contributed by atoms with E-state index in [2.05, 4.69) is 5.32 Å². The Labute approximate surface area is 121 Å². The molecule has 2 rings (SSSR count). The molecule has 20 heavy (non-hydrogen) atoms. The summed E-state index contributed by atoms with van der Waals surface area (Å²) in [5.41, 5.74) is 1.21. The van der Waals surface area contributed by atoms with Gasteiger partial charge < -0.3 is 10.1 Å². The predicted molar refractivity (Wildman–Crippen MR) is 76.4 cm³/mol. The SMILES string of the molecule is COc1ccc(NCc2cccc(C#N)c2F)cc1Cl. The summed E-state index contributed by atoms with van der Waals surface area (Å²) in [7, 11) is 1.54. The minimum Gasteiger partial charge on any atom is -0.495 e. The average molecular weight is 291 g/mol. The molecule has 0 bridgehead atoms. The van der Waals surface area contributed by atoms with Crippen molar-refractivity contribution in [2.45, 2.75) is 6.54 Å². The van der Waals surface area contributed by atoms with Crippen molar-refractivity contribution >= 4 is 17.3 Å². The van der Waals surface area contributed by atoms with Crippen molar-refractivity contribution in [1.82, 2.24) is 0 Å². The summed E-state index contributed by atoms with van der Waals surface area (Å²) in [4.78, 5) is 0. The van der Waals surface area contributed by atoms with Crippen LogP contribution in [-0.2, 0) is 6.54 Å². The second-order valence-corrected chi connectivity index (χ2v) is 4.50. The zero-order valence-corrected chi connectivity index (χ0v) is 11.5. The van der Waals surface area contributed by atoms with Gasteiger partial charge in [-0.3, -0.25) is 0 Å². The number of hydrogen-bond acceptors (Lipinski definition) is 3. The maximum absolute atomic E-state index is 13.9. The first-order chi connectivity index (χ1) is 9.65. The Bertz CT molecular complexity index is 667. The van der Waals surface area contributed by atoms with Gasteiger partial charge in [-0.15, -0.1) is 0 Å². The van der Waals surface area contributed by atoms with Crippen molar-refractivity contribution in [3.05, 3.63) is 58.4 Å². The highest BCUT2D eigenvalue weighted by Crippen LogP contribution is 2.27. The first kappa shape index (κ1) is 14.2. The molecule has 1 N–H and O–H groups in total. The highest BCUT2D eigenvalue weighted by Gasteiger charge is 2.07. The van der Waals surface area contributed by atoms with Crippen LogP contribution >= 0.6 is 11.6 Å². The maximum Gasteiger partial charge on any atom is 0.145 e. The van der Waals surface area contributed by atoms with Crippen molar-refractivity contribution in [1.29, 1.82) is 5.26 Å². The molecule has 2 aromatic rings. The molecule has 0 radical (unpaired) electrons. The minimum atomic E-state index is -0.498. The fourth-order valence-corrected chi connectivity index (χ4v) is 2.03. The van der Waals surface area contributed by atoms with Crippen molar-refractivity contribution in [3.8, 4) is 11.8 Å². The summed E-state index contributed by atoms with van der Waals surface area (Å²) >= 11 is 6.01. The van der Waals surface area contributed by atoms with Crippen LogP contribution in [0, 0.1) is 17.1 Å². The van der Waals surface area contributed by atoms with E-state index in [4.69, 9.17) is 21.6 Å². The first-order valence-corrected chi connectivity index (χ1v) is 6.28. The van der Waals surface area contributed by atoms with Gasteiger partial charge in [0.2, 0.25) is 0 Å². The van der Waals surface area contributed by atoms with E-state index < -0.39 is 5.82 Å². The summed E-state index contributed by atoms with van der Waals surface area (Å²) in [6, 6.07) is 11.8. The Morgan fingerprint density at radius 3 is 2.80 bits per heavy atom. The first-order valence-electron chi connectivity index (χ1n) is 5.90. The molecule has 0 aliphatic heterocycles. The highest BCUT2D eigenvalue weighted by molar-refractivity contribution is 6.32. The third-order valence-electron chi connectivity index (χ3n) is 2.83. The lowest BCUT2D eigenvalue weighted by atomic mass is 10.1. The van der Waals surface area contributed by atoms with Crippen molar-refractivity contribution in [2.24, 2.45) is 0 Å². The van der Waals surface area contributed by atoms with Crippen LogP contribution in [0.25, 0.3) is 0 Å². The van der Waals surface area contributed by atoms with Gasteiger partial charge in [0, 0.05) is 17.8 Å². The van der Waals surface area contributed by atoms with E-state index in [9.17, 15) is 4.39 Å². The van der Waals surface area contributed by atoms with Gasteiger partial charge in [-0.05, 0) is 24.3 Å². The zero-order chi connectivity index (χ0) is 14.5. The van der Waals surface area contributed by atoms with Gasteiger partial charge in [0.1, 0.15) is 17.6 Å². The number of ether oxygens (including phenoxy) is 1. The van der Waals surface area contributed by atoms with Gasteiger partial charge in [0.15, 0.2) is 0 Å². The minimum absolute atomic E-state index is 0.0389. The molecular weight excluding hydrogens is 279 g/mol. The van der Waals surface area contributed by atoms with Crippen LogP contribution < -0.4 is 10.1 Å². The number of methoxy groups -OCH3 is 1. The topological polar surface area (TPSA) is 45.0 Å². The molecule has 0 aliphatic carbocycles. The molecule has 102 valence electrons. The molecular formula is C15H12ClFN2O. The number of anilines is 1. The molecule has 0 saturated carbocycles. The Morgan fingerprint density at radius 2 is 2.15 bits per heavy atom. The summed E-state index contributed by atoms with van der Waals surface area (Å²) in [6.45, 7) is 0.268. The summed E-state index contributed by atoms with van der Waals surface area (Å²) in [5, 5.41) is 12.3. The summed E-state index contributed by atoms with van der Waals surface area (Å²) in [5.74, 6) is 0.0805. The van der Waals surface area contributed by atoms with Crippen molar-refractivity contribution in [2.75, 3.05) is 12.4 Å². The average Bonchev–Trinajstić information content (AvgIpc) is 2.46. The van der Waals surface area contributed by atoms with Gasteiger partial charge >= 0.3 is 0 Å². The zero-order valence-electron chi connectivity index (χ0n) is 10.8. The Balaban J connectivity index is 2.13. The van der Waals surface area contributed by atoms with Crippen LogP contribution in [0.1, 0.15) is 11.1 Å². The van der Waals surface area contributed by atoms with Gasteiger partial charge in [-0.25, -0.2) is 4.39 Å². The number of nitrogens with one attached hydrogen (secondary N) is 1. The van der Waals surface area contributed by atoms with E-state index in [0.29, 0.717) is 16.3 Å². The standard InChI is InChI=1S/C15H12ClFN2O/c1-20-14-6-5-12(7-13(14)16)19-9-11-4-2-3-10(8-18)15(11)17/h2-7,19H,9H2,1H3. The largest absolute Gasteiger partial charge is 0.495 e. The third kappa shape index (κ3) is 3.01. The molecule has 0 aliphatic rings. The fourth-order valence-electron chi connectivity index (χ4n) is 1.78. The predicted octanol–water partition coefficient (Wildman–Crippen LogP) is 3.97. The maximum atomic E-state index is 13.9. The van der Waals surface area contributed by atoms with Crippen LogP contribution in [0.15, 0.2) is 36.4 Å². The number of benzene rings is 2. The number of halogens is 2. The normalized spacial score (nSPS) is 9.90. The molecule has 0 saturated heterocycles. The smallest absolute Gasteiger partial charge is 0.145 e. The Morgan fingerprint density at radius 1 is 1.35 bits per heavy atom. The van der Waals surface area contributed by atoms with E-state index in [0.717, 1.165) is 5.69 Å². The Kier molecular flexibility index (Phi) is 4.44. The molecule has 5 heteroatoms. The lowest BCUT2D eigenvalue weighted by molar-refractivity contribution is 0.415. The van der Waals surface area contributed by atoms with Crippen LogP contribution in [-0.4, -0.2) is 7.11 Å². The monoisotopic (exact) mass is 290 g/mol. The second kappa shape index (κ2) is 6.27. The molecule has 2 aromatic carbocycles. The van der Waals surface area contributed by atoms with Gasteiger partial charge in [-0.2, -0.15) is 5.26 Å². The fraction of sp³-hybridized carbons (Fsp3) is 0.133. The van der Waals surface area contributed by atoms with Crippen LogP contribution in [0.4, 0.5) is 10.1 Å². The second-order valence-electron chi connectivity index (χ2n) is 4.09. The van der Waals surface area contributed by atoms with Crippen LogP contribution in [0.5, 0.6) is 5.75 Å². The van der Waals surface area contributed by atoms with Crippen molar-refractivity contribution < 1.29 is 9.13 Å². The third-order valence-corrected chi connectivity index (χ3v) is 3.13. The van der Waals surface area contributed by atoms with Gasteiger partial charge in [-0.1, -0.05) is 23.7 Å². The van der Waals surface area contributed by atoms with Crippen LogP contribution in [0.3, 0.4) is 0 Å². The number of hydrogen-bond donors (Lipinski definition) is 1. The van der Waals surface area contributed by atoms with Gasteiger partial charge in [0.05, 0.1) is 17.7 Å². The van der Waals surface area contributed by atoms with E-state index in [1.54, 1.807) is 30.3 Å². The quantitative estimate of drug-likeness (QED) is 0.926. The molecule has 0 atom stereocenters. The van der Waals surface area contributed by atoms with E-state index >= 15 is 0 Å². The van der Waals surface area contributed by atoms with Crippen LogP contribution in [0.2, 0.25) is 5.02 Å². The van der Waals surface area contributed by atoms with E-state index in [1.807, 2.05) is 6.07 Å². The van der Waals surface area contributed by atoms with E-state index in [-0.39, 0.29) is 12.1 Å². The number of nitrogens with zero attached hydrogens (tertiary/aromatic N) is 1. The summed E-state index contributed by atoms with van der Waals surface area (Å²) < 4.78 is 18.9. The number of nitriles is 1. The highest BCUT2D eigenvalue weighted by atomic mass is 35.5. The van der Waals surface area contributed by atoms with Crippen molar-refractivity contribution in [3.63, 3.8) is 0 Å². The molecule has 0 fully saturated rings. The molecule has 0 unspecified atom stereocenters. The molecule has 0 spiro atoms. The summed E-state index contributed by atoms with van der Waals surface area (Å²) in [6.07, 6.45) is 0. The van der Waals surface area contributed by atoms with E-state index in [1.165, 1.54) is 13.2 Å². The lowest BCUT2D eigenvalue weighted by Crippen LogP contribution is -2.03. The molecule has 3 nitrogen and oxygen atoms in total. The molecule has 0 heterocycles. The Hall–Kier alpha value is -2.25. The van der Waals surface area contributed by atoms with Gasteiger partial charge in [0.25, 0.3) is 0 Å². The molecule has 0 amide bonds. The molecule has 0 aromatic heterocycles.